The van der Waals surface area contributed by atoms with Crippen LogP contribution in [0, 0.1) is 0 Å². The van der Waals surface area contributed by atoms with Gasteiger partial charge in [-0.25, -0.2) is 8.42 Å². The molecule has 1 aromatic rings. The Hall–Kier alpha value is -0.100. The van der Waals surface area contributed by atoms with Gasteiger partial charge in [-0.3, -0.25) is 0 Å². The Morgan fingerprint density at radius 2 is 2.18 bits per heavy atom. The minimum absolute atomic E-state index is 0.226. The van der Waals surface area contributed by atoms with Crippen molar-refractivity contribution in [3.05, 3.63) is 17.0 Å². The first-order valence-electron chi connectivity index (χ1n) is 5.76. The summed E-state index contributed by atoms with van der Waals surface area (Å²) in [7, 11) is -3.28. The van der Waals surface area contributed by atoms with Gasteiger partial charge < -0.3 is 0 Å². The number of hydrogen-bond donors (Lipinski definition) is 0. The molecule has 0 unspecified atom stereocenters. The molecule has 1 aromatic heterocycles. The van der Waals surface area contributed by atoms with Crippen molar-refractivity contribution in [1.82, 2.24) is 4.31 Å². The maximum absolute atomic E-state index is 12.4. The largest absolute Gasteiger partial charge is 0.252 e. The lowest BCUT2D eigenvalue weighted by atomic mass is 10.4. The van der Waals surface area contributed by atoms with Crippen LogP contribution in [0.4, 0.5) is 0 Å². The number of sulfonamides is 1. The van der Waals surface area contributed by atoms with Crippen molar-refractivity contribution in [2.45, 2.75) is 36.4 Å². The van der Waals surface area contributed by atoms with Crippen LogP contribution in [0.15, 0.2) is 16.3 Å². The molecule has 0 saturated heterocycles. The monoisotopic (exact) mass is 293 g/mol. The molecule has 1 heterocycles. The first-order valence-corrected chi connectivity index (χ1v) is 8.55. The molecule has 0 aliphatic heterocycles. The zero-order chi connectivity index (χ0) is 12.5. The average Bonchev–Trinajstić information content (AvgIpc) is 2.97. The maximum Gasteiger partial charge on any atom is 0.252 e. The molecule has 0 atom stereocenters. The van der Waals surface area contributed by atoms with Gasteiger partial charge in [-0.05, 0) is 31.4 Å². The van der Waals surface area contributed by atoms with Crippen LogP contribution in [0.1, 0.15) is 24.6 Å². The second-order valence-corrected chi connectivity index (χ2v) is 7.76. The summed E-state index contributed by atoms with van der Waals surface area (Å²) >= 11 is 7.00. The Balaban J connectivity index is 2.23. The molecule has 1 saturated carbocycles. The molecule has 3 nitrogen and oxygen atoms in total. The summed E-state index contributed by atoms with van der Waals surface area (Å²) in [5.74, 6) is 0.528. The zero-order valence-corrected chi connectivity index (χ0v) is 12.1. The van der Waals surface area contributed by atoms with E-state index >= 15 is 0 Å². The van der Waals surface area contributed by atoms with E-state index in [9.17, 15) is 8.42 Å². The van der Waals surface area contributed by atoms with E-state index in [0.29, 0.717) is 16.6 Å². The molecule has 0 radical (unpaired) electrons. The highest BCUT2D eigenvalue weighted by molar-refractivity contribution is 7.91. The molecule has 96 valence electrons. The lowest BCUT2D eigenvalue weighted by Crippen LogP contribution is -2.32. The van der Waals surface area contributed by atoms with E-state index < -0.39 is 10.0 Å². The highest BCUT2D eigenvalue weighted by Gasteiger charge is 2.37. The van der Waals surface area contributed by atoms with Crippen LogP contribution in [0.5, 0.6) is 0 Å². The van der Waals surface area contributed by atoms with Crippen molar-refractivity contribution in [1.29, 1.82) is 0 Å². The third-order valence-corrected chi connectivity index (χ3v) is 6.64. The van der Waals surface area contributed by atoms with E-state index in [1.807, 2.05) is 13.0 Å². The van der Waals surface area contributed by atoms with Crippen LogP contribution >= 0.6 is 22.9 Å². The molecule has 0 spiro atoms. The normalized spacial score (nSPS) is 16.6. The van der Waals surface area contributed by atoms with Crippen molar-refractivity contribution in [3.63, 3.8) is 0 Å². The molecule has 1 fully saturated rings. The SMILES string of the molecule is CCN(C1CC1)S(=O)(=O)c1ccc(CCCl)s1. The van der Waals surface area contributed by atoms with Gasteiger partial charge >= 0.3 is 0 Å². The summed E-state index contributed by atoms with van der Waals surface area (Å²) in [5.41, 5.74) is 0. The van der Waals surface area contributed by atoms with Crippen LogP contribution < -0.4 is 0 Å². The minimum atomic E-state index is -3.28. The Labute approximate surface area is 111 Å². The molecule has 1 aliphatic carbocycles. The number of aryl methyl sites for hydroxylation is 1. The van der Waals surface area contributed by atoms with Crippen molar-refractivity contribution in [2.24, 2.45) is 0 Å². The number of thiophene rings is 1. The molecule has 0 N–H and O–H groups in total. The fraction of sp³-hybridized carbons (Fsp3) is 0.636. The summed E-state index contributed by atoms with van der Waals surface area (Å²) in [6.45, 7) is 2.44. The van der Waals surface area contributed by atoms with E-state index in [-0.39, 0.29) is 6.04 Å². The summed E-state index contributed by atoms with van der Waals surface area (Å²) in [6, 6.07) is 3.79. The van der Waals surface area contributed by atoms with E-state index in [1.165, 1.54) is 11.3 Å². The lowest BCUT2D eigenvalue weighted by molar-refractivity contribution is 0.422. The Morgan fingerprint density at radius 1 is 1.47 bits per heavy atom. The van der Waals surface area contributed by atoms with E-state index in [1.54, 1.807) is 10.4 Å². The first kappa shape index (κ1) is 13.3. The standard InChI is InChI=1S/C11H16ClNO2S2/c1-2-13(9-3-4-9)17(14,15)11-6-5-10(16-11)7-8-12/h5-6,9H,2-4,7-8H2,1H3. The van der Waals surface area contributed by atoms with Gasteiger partial charge in [-0.1, -0.05) is 6.92 Å². The zero-order valence-electron chi connectivity index (χ0n) is 9.73. The molecule has 0 aromatic carbocycles. The quantitative estimate of drug-likeness (QED) is 0.756. The average molecular weight is 294 g/mol. The molecular weight excluding hydrogens is 278 g/mol. The molecule has 6 heteroatoms. The fourth-order valence-electron chi connectivity index (χ4n) is 1.83. The highest BCUT2D eigenvalue weighted by Crippen LogP contribution is 2.34. The summed E-state index contributed by atoms with van der Waals surface area (Å²) in [5, 5.41) is 0. The van der Waals surface area contributed by atoms with Gasteiger partial charge in [0.05, 0.1) is 0 Å². The molecule has 0 amide bonds. The van der Waals surface area contributed by atoms with Gasteiger partial charge in [0.2, 0.25) is 0 Å². The van der Waals surface area contributed by atoms with Crippen LogP contribution in [0.2, 0.25) is 0 Å². The lowest BCUT2D eigenvalue weighted by Gasteiger charge is -2.18. The molecule has 0 bridgehead atoms. The van der Waals surface area contributed by atoms with Gasteiger partial charge in [-0.15, -0.1) is 22.9 Å². The van der Waals surface area contributed by atoms with Gasteiger partial charge in [0.15, 0.2) is 0 Å². The van der Waals surface area contributed by atoms with E-state index in [0.717, 1.165) is 24.1 Å². The Bertz CT molecular complexity index is 479. The van der Waals surface area contributed by atoms with Crippen molar-refractivity contribution < 1.29 is 8.42 Å². The summed E-state index contributed by atoms with van der Waals surface area (Å²) < 4.78 is 26.8. The molecular formula is C11H16ClNO2S2. The van der Waals surface area contributed by atoms with Crippen LogP contribution in [-0.4, -0.2) is 31.2 Å². The summed E-state index contributed by atoms with van der Waals surface area (Å²) in [6.07, 6.45) is 2.72. The van der Waals surface area contributed by atoms with Crippen molar-refractivity contribution in [3.8, 4) is 0 Å². The summed E-state index contributed by atoms with van der Waals surface area (Å²) in [4.78, 5) is 1.03. The molecule has 2 rings (SSSR count). The second-order valence-electron chi connectivity index (χ2n) is 4.10. The van der Waals surface area contributed by atoms with E-state index in [4.69, 9.17) is 11.6 Å². The van der Waals surface area contributed by atoms with Crippen LogP contribution in [0.3, 0.4) is 0 Å². The number of rotatable bonds is 6. The molecule has 1 aliphatic rings. The Kier molecular flexibility index (Phi) is 4.13. The van der Waals surface area contributed by atoms with E-state index in [2.05, 4.69) is 0 Å². The predicted molar refractivity (Wildman–Crippen MR) is 71.3 cm³/mol. The molecule has 17 heavy (non-hydrogen) atoms. The number of alkyl halides is 1. The number of halogens is 1. The predicted octanol–water partition coefficient (Wildman–Crippen LogP) is 2.70. The highest BCUT2D eigenvalue weighted by atomic mass is 35.5. The third kappa shape index (κ3) is 2.84. The smallest absolute Gasteiger partial charge is 0.206 e. The van der Waals surface area contributed by atoms with Crippen molar-refractivity contribution in [2.75, 3.05) is 12.4 Å². The third-order valence-electron chi connectivity index (χ3n) is 2.81. The topological polar surface area (TPSA) is 37.4 Å². The first-order chi connectivity index (χ1) is 8.09. The van der Waals surface area contributed by atoms with Gasteiger partial charge in [0.1, 0.15) is 4.21 Å². The van der Waals surface area contributed by atoms with Crippen LogP contribution in [0.25, 0.3) is 0 Å². The number of hydrogen-bond acceptors (Lipinski definition) is 3. The Morgan fingerprint density at radius 3 is 2.71 bits per heavy atom. The van der Waals surface area contributed by atoms with Gasteiger partial charge in [0.25, 0.3) is 10.0 Å². The van der Waals surface area contributed by atoms with Crippen molar-refractivity contribution >= 4 is 33.0 Å². The fourth-order valence-corrected chi connectivity index (χ4v) is 5.32. The minimum Gasteiger partial charge on any atom is -0.206 e. The maximum atomic E-state index is 12.4. The number of nitrogens with zero attached hydrogens (tertiary/aromatic N) is 1. The van der Waals surface area contributed by atoms with Crippen LogP contribution in [-0.2, 0) is 16.4 Å². The van der Waals surface area contributed by atoms with Gasteiger partial charge in [0, 0.05) is 23.3 Å². The van der Waals surface area contributed by atoms with Gasteiger partial charge in [-0.2, -0.15) is 4.31 Å². The second kappa shape index (κ2) is 5.26.